The van der Waals surface area contributed by atoms with E-state index < -0.39 is 33.5 Å². The summed E-state index contributed by atoms with van der Waals surface area (Å²) in [5, 5.41) is 2.95. The summed E-state index contributed by atoms with van der Waals surface area (Å²) in [6.07, 6.45) is -4.68. The predicted molar refractivity (Wildman–Crippen MR) is 141 cm³/mol. The summed E-state index contributed by atoms with van der Waals surface area (Å²) in [6.45, 7) is 2.72. The first-order chi connectivity index (χ1) is 18.8. The molecular weight excluding hydrogens is 552 g/mol. The van der Waals surface area contributed by atoms with Gasteiger partial charge in [-0.1, -0.05) is 18.2 Å². The number of nitrogens with zero attached hydrogens (tertiary/aromatic N) is 2. The van der Waals surface area contributed by atoms with Gasteiger partial charge in [0.2, 0.25) is 5.91 Å². The fourth-order valence-corrected chi connectivity index (χ4v) is 5.46. The van der Waals surface area contributed by atoms with E-state index in [2.05, 4.69) is 10.0 Å². The molecule has 0 saturated carbocycles. The topological polar surface area (TPSA) is 98.8 Å². The van der Waals surface area contributed by atoms with E-state index in [-0.39, 0.29) is 47.4 Å². The van der Waals surface area contributed by atoms with E-state index in [9.17, 15) is 35.6 Å². The standard InChI is InChI=1S/C27H26F4N4O4S/c1-18(36)34-11-13-35(14-12-34)26(37)20-7-10-24(32-17-19-5-8-22(28)9-6-19)25(15-20)40(38,39)33-23-4-2-3-21(16-23)27(29,30)31/h2-10,15-16,32-33H,11-14,17H2,1H3. The summed E-state index contributed by atoms with van der Waals surface area (Å²) >= 11 is 0. The third-order valence-corrected chi connectivity index (χ3v) is 7.79. The third kappa shape index (κ3) is 6.89. The van der Waals surface area contributed by atoms with Crippen molar-refractivity contribution < 1.29 is 35.6 Å². The third-order valence-electron chi connectivity index (χ3n) is 6.37. The second-order valence-corrected chi connectivity index (χ2v) is 10.8. The van der Waals surface area contributed by atoms with Crippen LogP contribution in [0.25, 0.3) is 0 Å². The number of hydrogen-bond donors (Lipinski definition) is 2. The van der Waals surface area contributed by atoms with Crippen LogP contribution in [0, 0.1) is 5.82 Å². The van der Waals surface area contributed by atoms with Crippen molar-refractivity contribution in [2.24, 2.45) is 0 Å². The lowest BCUT2D eigenvalue weighted by atomic mass is 10.1. The average Bonchev–Trinajstić information content (AvgIpc) is 2.92. The first-order valence-electron chi connectivity index (χ1n) is 12.2. The predicted octanol–water partition coefficient (Wildman–Crippen LogP) is 4.56. The number of hydrogen-bond acceptors (Lipinski definition) is 5. The van der Waals surface area contributed by atoms with Crippen molar-refractivity contribution in [2.45, 2.75) is 24.5 Å². The molecule has 0 atom stereocenters. The van der Waals surface area contributed by atoms with Crippen LogP contribution < -0.4 is 10.0 Å². The van der Waals surface area contributed by atoms with Crippen molar-refractivity contribution in [1.29, 1.82) is 0 Å². The highest BCUT2D eigenvalue weighted by molar-refractivity contribution is 7.92. The minimum absolute atomic E-state index is 0.0491. The highest BCUT2D eigenvalue weighted by Crippen LogP contribution is 2.32. The van der Waals surface area contributed by atoms with Gasteiger partial charge in [-0.25, -0.2) is 12.8 Å². The van der Waals surface area contributed by atoms with Crippen LogP contribution in [0.15, 0.2) is 71.6 Å². The number of sulfonamides is 1. The maximum Gasteiger partial charge on any atom is 0.416 e. The van der Waals surface area contributed by atoms with Gasteiger partial charge in [-0.15, -0.1) is 0 Å². The molecule has 3 aromatic carbocycles. The highest BCUT2D eigenvalue weighted by atomic mass is 32.2. The summed E-state index contributed by atoms with van der Waals surface area (Å²) in [6, 6.07) is 13.3. The molecule has 1 heterocycles. The molecule has 13 heteroatoms. The van der Waals surface area contributed by atoms with Crippen LogP contribution in [0.2, 0.25) is 0 Å². The first-order valence-corrected chi connectivity index (χ1v) is 13.7. The number of nitrogens with one attached hydrogen (secondary N) is 2. The zero-order valence-electron chi connectivity index (χ0n) is 21.3. The number of rotatable bonds is 7. The van der Waals surface area contributed by atoms with E-state index in [1.165, 1.54) is 54.3 Å². The van der Waals surface area contributed by atoms with Gasteiger partial charge in [0.25, 0.3) is 15.9 Å². The Morgan fingerprint density at radius 2 is 1.55 bits per heavy atom. The Hall–Kier alpha value is -4.13. The Kier molecular flexibility index (Phi) is 8.33. The number of piperazine rings is 1. The number of benzene rings is 3. The van der Waals surface area contributed by atoms with Gasteiger partial charge >= 0.3 is 6.18 Å². The van der Waals surface area contributed by atoms with Gasteiger partial charge in [-0.3, -0.25) is 14.3 Å². The maximum atomic E-state index is 13.5. The Labute approximate surface area is 228 Å². The van der Waals surface area contributed by atoms with Crippen LogP contribution in [0.1, 0.15) is 28.4 Å². The molecule has 3 aromatic rings. The molecule has 40 heavy (non-hydrogen) atoms. The molecule has 4 rings (SSSR count). The van der Waals surface area contributed by atoms with Crippen LogP contribution in [0.4, 0.5) is 28.9 Å². The maximum absolute atomic E-state index is 13.5. The van der Waals surface area contributed by atoms with Crippen LogP contribution in [0.3, 0.4) is 0 Å². The van der Waals surface area contributed by atoms with E-state index in [4.69, 9.17) is 0 Å². The van der Waals surface area contributed by atoms with Gasteiger partial charge in [0.1, 0.15) is 10.7 Å². The molecule has 1 aliphatic rings. The van der Waals surface area contributed by atoms with E-state index >= 15 is 0 Å². The van der Waals surface area contributed by atoms with Crippen LogP contribution >= 0.6 is 0 Å². The fourth-order valence-electron chi connectivity index (χ4n) is 4.20. The largest absolute Gasteiger partial charge is 0.416 e. The van der Waals surface area contributed by atoms with E-state index in [1.807, 2.05) is 0 Å². The number of anilines is 2. The summed E-state index contributed by atoms with van der Waals surface area (Å²) in [5.74, 6) is -1.01. The Morgan fingerprint density at radius 1 is 0.900 bits per heavy atom. The molecular formula is C27H26F4N4O4S. The molecule has 0 aromatic heterocycles. The van der Waals surface area contributed by atoms with Gasteiger partial charge < -0.3 is 15.1 Å². The lowest BCUT2D eigenvalue weighted by Gasteiger charge is -2.34. The van der Waals surface area contributed by atoms with Crippen molar-refractivity contribution >= 4 is 33.2 Å². The summed E-state index contributed by atoms with van der Waals surface area (Å²) in [5.41, 5.74) is -0.568. The summed E-state index contributed by atoms with van der Waals surface area (Å²) < 4.78 is 81.9. The lowest BCUT2D eigenvalue weighted by molar-refractivity contribution is -0.137. The zero-order valence-corrected chi connectivity index (χ0v) is 22.2. The van der Waals surface area contributed by atoms with Gasteiger partial charge in [0, 0.05) is 50.9 Å². The minimum atomic E-state index is -4.68. The van der Waals surface area contributed by atoms with Gasteiger partial charge in [-0.2, -0.15) is 13.2 Å². The molecule has 212 valence electrons. The Morgan fingerprint density at radius 3 is 2.17 bits per heavy atom. The molecule has 0 unspecified atom stereocenters. The monoisotopic (exact) mass is 578 g/mol. The molecule has 1 aliphatic heterocycles. The molecule has 8 nitrogen and oxygen atoms in total. The summed E-state index contributed by atoms with van der Waals surface area (Å²) in [7, 11) is -4.49. The molecule has 2 amide bonds. The van der Waals surface area contributed by atoms with E-state index in [0.29, 0.717) is 24.7 Å². The number of amides is 2. The summed E-state index contributed by atoms with van der Waals surface area (Å²) in [4.78, 5) is 27.6. The highest BCUT2D eigenvalue weighted by Gasteiger charge is 2.31. The normalized spacial score (nSPS) is 14.1. The SMILES string of the molecule is CC(=O)N1CCN(C(=O)c2ccc(NCc3ccc(F)cc3)c(S(=O)(=O)Nc3cccc(C(F)(F)F)c3)c2)CC1. The Balaban J connectivity index is 1.65. The molecule has 1 fully saturated rings. The molecule has 1 saturated heterocycles. The Bertz CT molecular complexity index is 1500. The van der Waals surface area contributed by atoms with Gasteiger partial charge in [0.15, 0.2) is 0 Å². The lowest BCUT2D eigenvalue weighted by Crippen LogP contribution is -2.50. The van der Waals surface area contributed by atoms with E-state index in [1.54, 1.807) is 4.90 Å². The number of carbonyl (C=O) groups is 2. The van der Waals surface area contributed by atoms with Crippen LogP contribution in [-0.2, 0) is 27.5 Å². The van der Waals surface area contributed by atoms with Crippen molar-refractivity contribution in [3.63, 3.8) is 0 Å². The van der Waals surface area contributed by atoms with Crippen molar-refractivity contribution in [2.75, 3.05) is 36.2 Å². The molecule has 0 aliphatic carbocycles. The van der Waals surface area contributed by atoms with Crippen LogP contribution in [0.5, 0.6) is 0 Å². The van der Waals surface area contributed by atoms with Crippen molar-refractivity contribution in [3.05, 3.63) is 89.2 Å². The zero-order chi connectivity index (χ0) is 29.1. The van der Waals surface area contributed by atoms with Gasteiger partial charge in [-0.05, 0) is 54.1 Å². The van der Waals surface area contributed by atoms with Crippen LogP contribution in [-0.4, -0.2) is 56.2 Å². The number of halogens is 4. The number of carbonyl (C=O) groups excluding carboxylic acids is 2. The quantitative estimate of drug-likeness (QED) is 0.401. The number of alkyl halides is 3. The van der Waals surface area contributed by atoms with Gasteiger partial charge in [0.05, 0.1) is 11.3 Å². The second-order valence-electron chi connectivity index (χ2n) is 9.17. The fraction of sp³-hybridized carbons (Fsp3) is 0.259. The second kappa shape index (κ2) is 11.5. The molecule has 0 spiro atoms. The molecule has 0 radical (unpaired) electrons. The average molecular weight is 579 g/mol. The smallest absolute Gasteiger partial charge is 0.380 e. The first kappa shape index (κ1) is 28.9. The molecule has 0 bridgehead atoms. The minimum Gasteiger partial charge on any atom is -0.380 e. The van der Waals surface area contributed by atoms with Crippen molar-refractivity contribution in [1.82, 2.24) is 9.80 Å². The van der Waals surface area contributed by atoms with Crippen molar-refractivity contribution in [3.8, 4) is 0 Å². The molecule has 2 N–H and O–H groups in total. The van der Waals surface area contributed by atoms with E-state index in [0.717, 1.165) is 18.2 Å².